The molecule has 3 heterocycles. The summed E-state index contributed by atoms with van der Waals surface area (Å²) in [5.41, 5.74) is 4.35. The smallest absolute Gasteiger partial charge is 0.260 e. The van der Waals surface area contributed by atoms with Gasteiger partial charge in [-0.05, 0) is 68.6 Å². The average Bonchev–Trinajstić information content (AvgIpc) is 3.43. The van der Waals surface area contributed by atoms with Crippen molar-refractivity contribution in [1.29, 1.82) is 0 Å². The van der Waals surface area contributed by atoms with Crippen LogP contribution in [0.5, 0.6) is 0 Å². The van der Waals surface area contributed by atoms with Gasteiger partial charge in [0, 0.05) is 28.5 Å². The van der Waals surface area contributed by atoms with Gasteiger partial charge in [0.05, 0.1) is 17.0 Å². The molecule has 6 nitrogen and oxygen atoms in total. The third-order valence-corrected chi connectivity index (χ3v) is 7.74. The number of nitrogens with one attached hydrogen (secondary N) is 1. The van der Waals surface area contributed by atoms with E-state index in [0.29, 0.717) is 18.5 Å². The van der Waals surface area contributed by atoms with E-state index in [1.54, 1.807) is 34.4 Å². The maximum Gasteiger partial charge on any atom is 0.260 e. The lowest BCUT2D eigenvalue weighted by atomic mass is 10.1. The fraction of sp³-hybridized carbons (Fsp3) is 0.286. The number of amides is 1. The Labute approximate surface area is 174 Å². The first kappa shape index (κ1) is 19.9. The number of rotatable bonds is 5. The van der Waals surface area contributed by atoms with E-state index in [-0.39, 0.29) is 10.8 Å². The zero-order valence-corrected chi connectivity index (χ0v) is 18.2. The number of sulfonamides is 1. The third kappa shape index (κ3) is 3.52. The maximum absolute atomic E-state index is 13.3. The molecule has 2 aromatic heterocycles. The van der Waals surface area contributed by atoms with Crippen LogP contribution in [0.4, 0.5) is 5.69 Å². The highest BCUT2D eigenvalue weighted by atomic mass is 32.2. The summed E-state index contributed by atoms with van der Waals surface area (Å²) in [6, 6.07) is 11.0. The number of anilines is 1. The zero-order chi connectivity index (χ0) is 20.8. The van der Waals surface area contributed by atoms with Crippen LogP contribution in [0.25, 0.3) is 0 Å². The molecule has 1 amide bonds. The Morgan fingerprint density at radius 3 is 2.69 bits per heavy atom. The SMILES string of the molecule is CNS(=O)(=O)c1ccc2c(c1)CCN2C(=O)c1cc(C)n(Cc2cccs2)c1C. The van der Waals surface area contributed by atoms with Crippen LogP contribution in [0.15, 0.2) is 46.7 Å². The summed E-state index contributed by atoms with van der Waals surface area (Å²) >= 11 is 1.70. The lowest BCUT2D eigenvalue weighted by Gasteiger charge is -2.18. The molecule has 1 aliphatic rings. The van der Waals surface area contributed by atoms with Gasteiger partial charge in [-0.3, -0.25) is 4.79 Å². The summed E-state index contributed by atoms with van der Waals surface area (Å²) in [4.78, 5) is 16.5. The Morgan fingerprint density at radius 2 is 2.00 bits per heavy atom. The van der Waals surface area contributed by atoms with Crippen molar-refractivity contribution in [1.82, 2.24) is 9.29 Å². The van der Waals surface area contributed by atoms with Gasteiger partial charge in [-0.25, -0.2) is 13.1 Å². The van der Waals surface area contributed by atoms with Crippen molar-refractivity contribution in [3.63, 3.8) is 0 Å². The molecular formula is C21H23N3O3S2. The lowest BCUT2D eigenvalue weighted by molar-refractivity contribution is 0.0988. The summed E-state index contributed by atoms with van der Waals surface area (Å²) in [5, 5.41) is 2.05. The number of aryl methyl sites for hydroxylation is 1. The number of carbonyl (C=O) groups excluding carboxylic acids is 1. The third-order valence-electron chi connectivity index (χ3n) is 5.47. The minimum Gasteiger partial charge on any atom is -0.343 e. The summed E-state index contributed by atoms with van der Waals surface area (Å²) in [6.45, 7) is 5.30. The van der Waals surface area contributed by atoms with Crippen molar-refractivity contribution in [2.24, 2.45) is 0 Å². The Balaban J connectivity index is 1.64. The topological polar surface area (TPSA) is 71.4 Å². The molecule has 8 heteroatoms. The Hall–Kier alpha value is -2.42. The van der Waals surface area contributed by atoms with Gasteiger partial charge in [0.15, 0.2) is 0 Å². The van der Waals surface area contributed by atoms with Gasteiger partial charge in [0.2, 0.25) is 10.0 Å². The number of aromatic nitrogens is 1. The first-order valence-electron chi connectivity index (χ1n) is 9.39. The number of benzene rings is 1. The van der Waals surface area contributed by atoms with Crippen molar-refractivity contribution in [3.05, 3.63) is 69.2 Å². The Kier molecular flexibility index (Phi) is 5.10. The van der Waals surface area contributed by atoms with E-state index in [4.69, 9.17) is 0 Å². The van der Waals surface area contributed by atoms with Crippen molar-refractivity contribution in [2.75, 3.05) is 18.5 Å². The van der Waals surface area contributed by atoms with Gasteiger partial charge in [0.25, 0.3) is 5.91 Å². The molecule has 0 atom stereocenters. The molecule has 0 unspecified atom stereocenters. The standard InChI is InChI=1S/C21H23N3O3S2/c1-14-11-19(15(2)24(14)13-17-5-4-10-28-17)21(25)23-9-8-16-12-18(6-7-20(16)23)29(26,27)22-3/h4-7,10-12,22H,8-9,13H2,1-3H3. The summed E-state index contributed by atoms with van der Waals surface area (Å²) in [7, 11) is -2.11. The van der Waals surface area contributed by atoms with Gasteiger partial charge < -0.3 is 9.47 Å². The van der Waals surface area contributed by atoms with E-state index in [2.05, 4.69) is 20.7 Å². The van der Waals surface area contributed by atoms with E-state index in [1.165, 1.54) is 11.9 Å². The fourth-order valence-electron chi connectivity index (χ4n) is 3.84. The zero-order valence-electron chi connectivity index (χ0n) is 16.6. The van der Waals surface area contributed by atoms with Gasteiger partial charge in [-0.1, -0.05) is 6.07 Å². The number of nitrogens with zero attached hydrogens (tertiary/aromatic N) is 2. The molecular weight excluding hydrogens is 406 g/mol. The monoisotopic (exact) mass is 429 g/mol. The van der Waals surface area contributed by atoms with Crippen LogP contribution < -0.4 is 9.62 Å². The van der Waals surface area contributed by atoms with Gasteiger partial charge in [-0.2, -0.15) is 0 Å². The van der Waals surface area contributed by atoms with Crippen molar-refractivity contribution in [3.8, 4) is 0 Å². The summed E-state index contributed by atoms with van der Waals surface area (Å²) < 4.78 is 28.6. The van der Waals surface area contributed by atoms with Crippen LogP contribution >= 0.6 is 11.3 Å². The second-order valence-electron chi connectivity index (χ2n) is 7.16. The first-order chi connectivity index (χ1) is 13.8. The number of hydrogen-bond acceptors (Lipinski definition) is 4. The van der Waals surface area contributed by atoms with Gasteiger partial charge >= 0.3 is 0 Å². The molecule has 0 bridgehead atoms. The molecule has 3 aromatic rings. The Morgan fingerprint density at radius 1 is 1.21 bits per heavy atom. The number of hydrogen-bond donors (Lipinski definition) is 1. The molecule has 29 heavy (non-hydrogen) atoms. The molecule has 1 aliphatic heterocycles. The van der Waals surface area contributed by atoms with E-state index in [1.807, 2.05) is 26.0 Å². The molecule has 1 N–H and O–H groups in total. The van der Waals surface area contributed by atoms with E-state index < -0.39 is 10.0 Å². The van der Waals surface area contributed by atoms with Crippen molar-refractivity contribution < 1.29 is 13.2 Å². The van der Waals surface area contributed by atoms with Crippen LogP contribution in [0.1, 0.15) is 32.2 Å². The molecule has 0 saturated heterocycles. The van der Waals surface area contributed by atoms with Gasteiger partial charge in [0.1, 0.15) is 0 Å². The molecule has 0 fully saturated rings. The fourth-order valence-corrected chi connectivity index (χ4v) is 5.31. The Bertz CT molecular complexity index is 1180. The van der Waals surface area contributed by atoms with Crippen LogP contribution in [-0.4, -0.2) is 32.5 Å². The minimum absolute atomic E-state index is 0.0431. The van der Waals surface area contributed by atoms with Crippen molar-refractivity contribution >= 4 is 33.0 Å². The second kappa shape index (κ2) is 7.44. The summed E-state index contributed by atoms with van der Waals surface area (Å²) in [5.74, 6) is -0.0431. The molecule has 0 radical (unpaired) electrons. The number of carbonyl (C=O) groups is 1. The predicted molar refractivity (Wildman–Crippen MR) is 115 cm³/mol. The predicted octanol–water partition coefficient (Wildman–Crippen LogP) is 3.33. The van der Waals surface area contributed by atoms with Gasteiger partial charge in [-0.15, -0.1) is 11.3 Å². The molecule has 0 spiro atoms. The van der Waals surface area contributed by atoms with Crippen LogP contribution in [0.3, 0.4) is 0 Å². The average molecular weight is 430 g/mol. The maximum atomic E-state index is 13.3. The van der Waals surface area contributed by atoms with Crippen LogP contribution in [-0.2, 0) is 23.0 Å². The van der Waals surface area contributed by atoms with Crippen LogP contribution in [0.2, 0.25) is 0 Å². The largest absolute Gasteiger partial charge is 0.343 e. The lowest BCUT2D eigenvalue weighted by Crippen LogP contribution is -2.29. The van der Waals surface area contributed by atoms with Crippen molar-refractivity contribution in [2.45, 2.75) is 31.7 Å². The summed E-state index contributed by atoms with van der Waals surface area (Å²) in [6.07, 6.45) is 0.641. The molecule has 4 rings (SSSR count). The highest BCUT2D eigenvalue weighted by Crippen LogP contribution is 2.32. The number of thiophene rings is 1. The van der Waals surface area contributed by atoms with E-state index in [0.717, 1.165) is 29.2 Å². The second-order valence-corrected chi connectivity index (χ2v) is 10.1. The molecule has 152 valence electrons. The van der Waals surface area contributed by atoms with E-state index in [9.17, 15) is 13.2 Å². The quantitative estimate of drug-likeness (QED) is 0.676. The molecule has 1 aromatic carbocycles. The number of fused-ring (bicyclic) bond motifs is 1. The first-order valence-corrected chi connectivity index (χ1v) is 11.8. The van der Waals surface area contributed by atoms with Crippen LogP contribution in [0, 0.1) is 13.8 Å². The molecule has 0 aliphatic carbocycles. The minimum atomic E-state index is -3.50. The van der Waals surface area contributed by atoms with E-state index >= 15 is 0 Å². The highest BCUT2D eigenvalue weighted by molar-refractivity contribution is 7.89. The molecule has 0 saturated carbocycles. The normalized spacial score (nSPS) is 13.7. The highest BCUT2D eigenvalue weighted by Gasteiger charge is 2.29.